The summed E-state index contributed by atoms with van der Waals surface area (Å²) in [5.41, 5.74) is 3.41. The fourth-order valence-corrected chi connectivity index (χ4v) is 7.75. The largest absolute Gasteiger partial charge is 0.436 e. The first-order chi connectivity index (χ1) is 21.9. The number of carbonyl (C=O) groups excluding carboxylic acids is 2. The molecule has 0 bridgehead atoms. The van der Waals surface area contributed by atoms with Crippen molar-refractivity contribution in [3.8, 4) is 0 Å². The summed E-state index contributed by atoms with van der Waals surface area (Å²) in [7, 11) is 2.19. The third-order valence-corrected chi connectivity index (χ3v) is 10.4. The van der Waals surface area contributed by atoms with Gasteiger partial charge in [-0.05, 0) is 100 Å². The molecular formula is C34H43N7O4. The summed E-state index contributed by atoms with van der Waals surface area (Å²) in [5.74, 6) is 1.27. The molecule has 2 N–H and O–H groups in total. The Kier molecular flexibility index (Phi) is 8.35. The number of H-pyrrole nitrogens is 2. The lowest BCUT2D eigenvalue weighted by Gasteiger charge is -2.40. The molecule has 3 saturated heterocycles. The van der Waals surface area contributed by atoms with Crippen molar-refractivity contribution in [3.05, 3.63) is 64.7 Å². The van der Waals surface area contributed by atoms with Crippen LogP contribution in [0.3, 0.4) is 0 Å². The molecule has 11 heteroatoms. The van der Waals surface area contributed by atoms with Gasteiger partial charge in [0.2, 0.25) is 0 Å². The Morgan fingerprint density at radius 2 is 1.58 bits per heavy atom. The predicted octanol–water partition coefficient (Wildman–Crippen LogP) is 4.17. The first-order valence-corrected chi connectivity index (χ1v) is 16.5. The van der Waals surface area contributed by atoms with Crippen LogP contribution in [-0.4, -0.2) is 98.9 Å². The smallest absolute Gasteiger partial charge is 0.410 e. The number of nitrogens with one attached hydrogen (secondary N) is 2. The molecule has 0 aliphatic carbocycles. The summed E-state index contributed by atoms with van der Waals surface area (Å²) < 4.78 is 7.88. The lowest BCUT2D eigenvalue weighted by atomic mass is 9.79. The average Bonchev–Trinajstić information content (AvgIpc) is 3.67. The van der Waals surface area contributed by atoms with Crippen LogP contribution < -0.4 is 5.69 Å². The maximum absolute atomic E-state index is 14.0. The van der Waals surface area contributed by atoms with E-state index < -0.39 is 12.2 Å². The van der Waals surface area contributed by atoms with E-state index in [2.05, 4.69) is 27.1 Å². The van der Waals surface area contributed by atoms with Gasteiger partial charge in [0.15, 0.2) is 6.10 Å². The van der Waals surface area contributed by atoms with E-state index >= 15 is 0 Å². The molecule has 3 fully saturated rings. The normalized spacial score (nSPS) is 20.2. The number of ether oxygens (including phenoxy) is 1. The highest BCUT2D eigenvalue weighted by Gasteiger charge is 2.36. The van der Waals surface area contributed by atoms with Gasteiger partial charge in [-0.15, -0.1) is 0 Å². The van der Waals surface area contributed by atoms with Gasteiger partial charge in [-0.3, -0.25) is 14.5 Å². The molecule has 0 spiro atoms. The van der Waals surface area contributed by atoms with E-state index in [-0.39, 0.29) is 17.6 Å². The zero-order chi connectivity index (χ0) is 30.9. The highest BCUT2D eigenvalue weighted by atomic mass is 16.6. The molecule has 4 aromatic rings. The van der Waals surface area contributed by atoms with Crippen molar-refractivity contribution in [3.63, 3.8) is 0 Å². The topological polar surface area (TPSA) is 120 Å². The Morgan fingerprint density at radius 1 is 0.889 bits per heavy atom. The number of piperidine rings is 3. The number of fused-ring (bicyclic) bond motifs is 2. The fourth-order valence-electron chi connectivity index (χ4n) is 7.75. The molecular weight excluding hydrogens is 570 g/mol. The zero-order valence-corrected chi connectivity index (χ0v) is 26.0. The summed E-state index contributed by atoms with van der Waals surface area (Å²) in [6.07, 6.45) is 6.44. The van der Waals surface area contributed by atoms with E-state index in [0.717, 1.165) is 59.3 Å². The first kappa shape index (κ1) is 29.6. The second-order valence-electron chi connectivity index (χ2n) is 13.2. The van der Waals surface area contributed by atoms with Crippen LogP contribution in [0.15, 0.2) is 53.5 Å². The number of para-hydroxylation sites is 2. The van der Waals surface area contributed by atoms with E-state index in [4.69, 9.17) is 4.74 Å². The van der Waals surface area contributed by atoms with Crippen LogP contribution >= 0.6 is 0 Å². The van der Waals surface area contributed by atoms with Crippen LogP contribution in [0.2, 0.25) is 0 Å². The number of hydrogen-bond acceptors (Lipinski definition) is 6. The zero-order valence-electron chi connectivity index (χ0n) is 26.0. The predicted molar refractivity (Wildman–Crippen MR) is 172 cm³/mol. The van der Waals surface area contributed by atoms with Gasteiger partial charge in [0.25, 0.3) is 5.91 Å². The van der Waals surface area contributed by atoms with Gasteiger partial charge >= 0.3 is 11.8 Å². The molecule has 0 radical (unpaired) electrons. The van der Waals surface area contributed by atoms with E-state index in [1.807, 2.05) is 51.9 Å². The maximum Gasteiger partial charge on any atom is 0.410 e. The Hall–Kier alpha value is -4.12. The van der Waals surface area contributed by atoms with Gasteiger partial charge in [0.05, 0.1) is 22.7 Å². The van der Waals surface area contributed by atoms with E-state index in [1.165, 1.54) is 12.8 Å². The third kappa shape index (κ3) is 6.22. The van der Waals surface area contributed by atoms with Crippen molar-refractivity contribution in [2.24, 2.45) is 11.8 Å². The lowest BCUT2D eigenvalue weighted by molar-refractivity contribution is -0.142. The number of nitrogens with zero attached hydrogens (tertiary/aromatic N) is 5. The minimum absolute atomic E-state index is 0.0114. The summed E-state index contributed by atoms with van der Waals surface area (Å²) in [4.78, 5) is 49.2. The molecule has 3 aliphatic rings. The number of aromatic nitrogens is 4. The van der Waals surface area contributed by atoms with Crippen molar-refractivity contribution in [2.45, 2.75) is 57.1 Å². The Morgan fingerprint density at radius 3 is 2.33 bits per heavy atom. The van der Waals surface area contributed by atoms with Crippen molar-refractivity contribution in [1.82, 2.24) is 34.4 Å². The first-order valence-electron chi connectivity index (χ1n) is 16.5. The molecule has 11 nitrogen and oxygen atoms in total. The van der Waals surface area contributed by atoms with Crippen molar-refractivity contribution in [2.75, 3.05) is 46.3 Å². The summed E-state index contributed by atoms with van der Waals surface area (Å²) in [5, 5.41) is 8.04. The highest BCUT2D eigenvalue weighted by molar-refractivity contribution is 5.85. The standard InChI is InChI=1S/C34H43N7O4/c1-38-14-8-24(9-15-38)25-10-16-39(17-11-25)32(42)31(21-23-6-7-28-26(20-23)22-35-37-28)45-34(44)40-18-12-27(13-19-40)41-30-5-3-2-4-29(30)36-33(41)43/h2-7,20,22,24-25,27,31H,8-19,21H2,1H3,(H,35,37)(H,36,43)/t31-/m1/s1. The number of likely N-dealkylation sites (tertiary alicyclic amines) is 3. The number of aromatic amines is 2. The third-order valence-electron chi connectivity index (χ3n) is 10.4. The summed E-state index contributed by atoms with van der Waals surface area (Å²) >= 11 is 0. The Labute approximate surface area is 262 Å². The van der Waals surface area contributed by atoms with Gasteiger partial charge in [-0.25, -0.2) is 9.59 Å². The van der Waals surface area contributed by atoms with Crippen LogP contribution in [0, 0.1) is 11.8 Å². The molecule has 45 heavy (non-hydrogen) atoms. The van der Waals surface area contributed by atoms with E-state index in [0.29, 0.717) is 51.4 Å². The lowest BCUT2D eigenvalue weighted by Crippen LogP contribution is -2.49. The molecule has 1 atom stereocenters. The monoisotopic (exact) mass is 613 g/mol. The minimum atomic E-state index is -0.907. The van der Waals surface area contributed by atoms with E-state index in [9.17, 15) is 14.4 Å². The quantitative estimate of drug-likeness (QED) is 0.337. The van der Waals surface area contributed by atoms with Crippen LogP contribution in [0.25, 0.3) is 21.9 Å². The van der Waals surface area contributed by atoms with E-state index in [1.54, 1.807) is 11.1 Å². The number of hydrogen-bond donors (Lipinski definition) is 2. The number of benzene rings is 2. The molecule has 0 saturated carbocycles. The highest BCUT2D eigenvalue weighted by Crippen LogP contribution is 2.33. The number of imidazole rings is 1. The van der Waals surface area contributed by atoms with Crippen LogP contribution in [0.1, 0.15) is 50.1 Å². The van der Waals surface area contributed by atoms with Crippen LogP contribution in [0.4, 0.5) is 4.79 Å². The van der Waals surface area contributed by atoms with Crippen molar-refractivity contribution < 1.29 is 14.3 Å². The van der Waals surface area contributed by atoms with Gasteiger partial charge < -0.3 is 24.4 Å². The van der Waals surface area contributed by atoms with Gasteiger partial charge in [0.1, 0.15) is 0 Å². The van der Waals surface area contributed by atoms with Crippen LogP contribution in [-0.2, 0) is 16.0 Å². The molecule has 2 aromatic heterocycles. The Balaban J connectivity index is 1.02. The molecule has 238 valence electrons. The second kappa shape index (κ2) is 12.7. The maximum atomic E-state index is 14.0. The SMILES string of the molecule is CN1CCC(C2CCN(C(=O)[C@@H](Cc3ccc4[nH]ncc4c3)OC(=O)N3CCC(n4c(=O)[nH]c5ccccc54)CC3)CC2)CC1. The Bertz CT molecular complexity index is 1700. The minimum Gasteiger partial charge on any atom is -0.436 e. The van der Waals surface area contributed by atoms with Crippen LogP contribution in [0.5, 0.6) is 0 Å². The van der Waals surface area contributed by atoms with Gasteiger partial charge in [-0.2, -0.15) is 5.10 Å². The second-order valence-corrected chi connectivity index (χ2v) is 13.2. The average molecular weight is 614 g/mol. The fraction of sp³-hybridized carbons (Fsp3) is 0.529. The molecule has 0 unspecified atom stereocenters. The summed E-state index contributed by atoms with van der Waals surface area (Å²) in [6.45, 7) is 4.63. The van der Waals surface area contributed by atoms with Crippen molar-refractivity contribution in [1.29, 1.82) is 0 Å². The number of amides is 2. The number of carbonyl (C=O) groups is 2. The molecule has 7 rings (SSSR count). The molecule has 2 aromatic carbocycles. The molecule has 2 amide bonds. The summed E-state index contributed by atoms with van der Waals surface area (Å²) in [6, 6.07) is 13.6. The van der Waals surface area contributed by atoms with Gasteiger partial charge in [-0.1, -0.05) is 18.2 Å². The van der Waals surface area contributed by atoms with Gasteiger partial charge in [0, 0.05) is 44.0 Å². The number of rotatable bonds is 6. The molecule has 3 aliphatic heterocycles. The molecule has 5 heterocycles. The van der Waals surface area contributed by atoms with Crippen molar-refractivity contribution >= 4 is 33.9 Å².